The highest BCUT2D eigenvalue weighted by Gasteiger charge is 2.50. The lowest BCUT2D eigenvalue weighted by Gasteiger charge is -2.17. The number of carboxylic acid groups (broad SMARTS) is 1. The van der Waals surface area contributed by atoms with Crippen molar-refractivity contribution in [2.75, 3.05) is 0 Å². The van der Waals surface area contributed by atoms with Crippen LogP contribution in [-0.4, -0.2) is 50.0 Å². The zero-order chi connectivity index (χ0) is 21.8. The molecule has 160 valence electrons. The number of aromatic nitrogens is 3. The summed E-state index contributed by atoms with van der Waals surface area (Å²) < 4.78 is 19.4. The first-order valence-corrected chi connectivity index (χ1v) is 9.60. The summed E-state index contributed by atoms with van der Waals surface area (Å²) in [4.78, 5) is 35.8. The van der Waals surface area contributed by atoms with E-state index in [1.807, 2.05) is 13.8 Å². The number of ketones is 1. The number of nitrogens with zero attached hydrogens (tertiary/aromatic N) is 3. The number of ether oxygens (including phenoxy) is 1. The quantitative estimate of drug-likeness (QED) is 0.560. The van der Waals surface area contributed by atoms with Crippen LogP contribution < -0.4 is 5.32 Å². The summed E-state index contributed by atoms with van der Waals surface area (Å²) >= 11 is 0. The molecule has 0 saturated carbocycles. The van der Waals surface area contributed by atoms with E-state index in [0.717, 1.165) is 0 Å². The Labute approximate surface area is 172 Å². The number of aliphatic carboxylic acids is 1. The molecule has 0 unspecified atom stereocenters. The molecule has 0 radical (unpaired) electrons. The van der Waals surface area contributed by atoms with E-state index in [0.29, 0.717) is 17.8 Å². The molecular weight excluding hydrogens is 395 g/mol. The molecule has 10 heteroatoms. The van der Waals surface area contributed by atoms with Crippen molar-refractivity contribution in [1.82, 2.24) is 20.3 Å². The summed E-state index contributed by atoms with van der Waals surface area (Å²) in [5.41, 5.74) is 1.13. The lowest BCUT2D eigenvalue weighted by Crippen LogP contribution is -2.33. The molecule has 0 spiro atoms. The van der Waals surface area contributed by atoms with Gasteiger partial charge >= 0.3 is 5.97 Å². The molecule has 2 aromatic rings. The third kappa shape index (κ3) is 5.47. The van der Waals surface area contributed by atoms with Gasteiger partial charge in [0.05, 0.1) is 18.4 Å². The van der Waals surface area contributed by atoms with Crippen molar-refractivity contribution in [3.8, 4) is 5.69 Å². The highest BCUT2D eigenvalue weighted by molar-refractivity contribution is 5.95. The van der Waals surface area contributed by atoms with Crippen LogP contribution in [0.5, 0.6) is 0 Å². The maximum absolute atomic E-state index is 13.0. The number of Topliss-reactive ketones (excluding diaryl/α,β-unsaturated/α-hetero) is 1. The molecule has 3 atom stereocenters. The van der Waals surface area contributed by atoms with Crippen LogP contribution in [-0.2, 0) is 25.7 Å². The Hall–Kier alpha value is -3.14. The Morgan fingerprint density at radius 3 is 2.53 bits per heavy atom. The van der Waals surface area contributed by atoms with Crippen LogP contribution in [0.2, 0.25) is 0 Å². The van der Waals surface area contributed by atoms with Gasteiger partial charge in [-0.15, -0.1) is 5.10 Å². The number of nitrogens with one attached hydrogen (secondary N) is 1. The second-order valence-electron chi connectivity index (χ2n) is 7.66. The minimum atomic E-state index is -1.18. The number of halogens is 1. The number of rotatable bonds is 10. The molecule has 30 heavy (non-hydrogen) atoms. The number of carboxylic acids is 1. The number of carbonyl (C=O) groups excluding carboxylic acids is 2. The van der Waals surface area contributed by atoms with Crippen molar-refractivity contribution >= 4 is 17.7 Å². The number of benzene rings is 1. The molecule has 9 nitrogen and oxygen atoms in total. The zero-order valence-electron chi connectivity index (χ0n) is 16.6. The number of carbonyl (C=O) groups is 3. The fraction of sp³-hybridized carbons (Fsp3) is 0.450. The van der Waals surface area contributed by atoms with Crippen LogP contribution in [0, 0.1) is 17.7 Å². The molecular formula is C20H23FN4O5. The van der Waals surface area contributed by atoms with Crippen molar-refractivity contribution in [3.05, 3.63) is 42.0 Å². The van der Waals surface area contributed by atoms with Crippen LogP contribution in [0.15, 0.2) is 30.5 Å². The summed E-state index contributed by atoms with van der Waals surface area (Å²) in [5.74, 6) is -2.66. The standard InChI is InChI=1S/C20H23FN4O5/c1-11(2)7-12(8-16(26)17-18(30-17)20(28)29)19(27)22-9-14-10-25(24-23-14)15-5-3-13(21)4-6-15/h3-6,10-12,17-18H,7-9H2,1-2H3,(H,22,27)(H,28,29)/t12-,17-,18+/m1/s1. The Balaban J connectivity index is 1.57. The fourth-order valence-corrected chi connectivity index (χ4v) is 3.18. The van der Waals surface area contributed by atoms with Gasteiger partial charge in [0.25, 0.3) is 0 Å². The largest absolute Gasteiger partial charge is 0.479 e. The highest BCUT2D eigenvalue weighted by atomic mass is 19.1. The molecule has 1 aliphatic heterocycles. The van der Waals surface area contributed by atoms with E-state index in [1.54, 1.807) is 18.3 Å². The van der Waals surface area contributed by atoms with E-state index in [-0.39, 0.29) is 36.4 Å². The molecule has 0 bridgehead atoms. The van der Waals surface area contributed by atoms with Crippen LogP contribution in [0.25, 0.3) is 5.69 Å². The van der Waals surface area contributed by atoms with Crippen LogP contribution in [0.1, 0.15) is 32.4 Å². The van der Waals surface area contributed by atoms with Crippen LogP contribution in [0.4, 0.5) is 4.39 Å². The minimum Gasteiger partial charge on any atom is -0.479 e. The van der Waals surface area contributed by atoms with E-state index in [4.69, 9.17) is 9.84 Å². The summed E-state index contributed by atoms with van der Waals surface area (Å²) in [6.07, 6.45) is -0.0706. The summed E-state index contributed by atoms with van der Waals surface area (Å²) in [7, 11) is 0. The molecule has 2 heterocycles. The maximum atomic E-state index is 13.0. The highest BCUT2D eigenvalue weighted by Crippen LogP contribution is 2.27. The monoisotopic (exact) mass is 418 g/mol. The van der Waals surface area contributed by atoms with E-state index in [9.17, 15) is 18.8 Å². The van der Waals surface area contributed by atoms with Gasteiger partial charge in [-0.2, -0.15) is 0 Å². The van der Waals surface area contributed by atoms with Crippen molar-refractivity contribution in [3.63, 3.8) is 0 Å². The number of hydrogen-bond donors (Lipinski definition) is 2. The van der Waals surface area contributed by atoms with E-state index in [1.165, 1.54) is 16.8 Å². The Bertz CT molecular complexity index is 928. The SMILES string of the molecule is CC(C)C[C@H](CC(=O)[C@H]1O[C@@H]1C(=O)O)C(=O)NCc1cn(-c2ccc(F)cc2)nn1. The lowest BCUT2D eigenvalue weighted by molar-refractivity contribution is -0.138. The van der Waals surface area contributed by atoms with Gasteiger partial charge in [-0.05, 0) is 36.6 Å². The van der Waals surface area contributed by atoms with Crippen molar-refractivity contribution in [2.24, 2.45) is 11.8 Å². The first kappa shape index (κ1) is 21.6. The fourth-order valence-electron chi connectivity index (χ4n) is 3.18. The number of hydrogen-bond acceptors (Lipinski definition) is 6. The van der Waals surface area contributed by atoms with Gasteiger partial charge in [0.15, 0.2) is 18.0 Å². The smallest absolute Gasteiger partial charge is 0.336 e. The first-order valence-electron chi connectivity index (χ1n) is 9.60. The van der Waals surface area contributed by atoms with Gasteiger partial charge in [-0.25, -0.2) is 13.9 Å². The molecule has 0 aliphatic carbocycles. The lowest BCUT2D eigenvalue weighted by atomic mass is 9.90. The van der Waals surface area contributed by atoms with Crippen molar-refractivity contribution in [2.45, 2.75) is 45.4 Å². The van der Waals surface area contributed by atoms with E-state index < -0.39 is 24.1 Å². The molecule has 1 saturated heterocycles. The molecule has 1 aromatic heterocycles. The third-order valence-electron chi connectivity index (χ3n) is 4.70. The normalized spacial score (nSPS) is 18.8. The second kappa shape index (κ2) is 9.12. The molecule has 1 aliphatic rings. The zero-order valence-corrected chi connectivity index (χ0v) is 16.6. The van der Waals surface area contributed by atoms with Crippen LogP contribution >= 0.6 is 0 Å². The molecule has 1 amide bonds. The van der Waals surface area contributed by atoms with Crippen molar-refractivity contribution < 1.29 is 28.6 Å². The Morgan fingerprint density at radius 1 is 1.23 bits per heavy atom. The number of amides is 1. The van der Waals surface area contributed by atoms with Gasteiger partial charge in [-0.1, -0.05) is 19.1 Å². The molecule has 1 fully saturated rings. The Morgan fingerprint density at radius 2 is 1.93 bits per heavy atom. The average Bonchev–Trinajstić information content (AvgIpc) is 3.37. The van der Waals surface area contributed by atoms with Crippen molar-refractivity contribution in [1.29, 1.82) is 0 Å². The summed E-state index contributed by atoms with van der Waals surface area (Å²) in [5, 5.41) is 19.6. The van der Waals surface area contributed by atoms with Crippen LogP contribution in [0.3, 0.4) is 0 Å². The first-order chi connectivity index (χ1) is 14.2. The summed E-state index contributed by atoms with van der Waals surface area (Å²) in [6, 6.07) is 5.73. The molecule has 3 rings (SSSR count). The predicted octanol–water partition coefficient (Wildman–Crippen LogP) is 1.50. The topological polar surface area (TPSA) is 127 Å². The molecule has 2 N–H and O–H groups in total. The van der Waals surface area contributed by atoms with Gasteiger partial charge in [0.2, 0.25) is 5.91 Å². The van der Waals surface area contributed by atoms with Gasteiger partial charge in [0, 0.05) is 12.3 Å². The Kier molecular flexibility index (Phi) is 6.56. The number of epoxide rings is 1. The van der Waals surface area contributed by atoms with E-state index in [2.05, 4.69) is 15.6 Å². The minimum absolute atomic E-state index is 0.0826. The van der Waals surface area contributed by atoms with Gasteiger partial charge in [-0.3, -0.25) is 9.59 Å². The average molecular weight is 418 g/mol. The predicted molar refractivity (Wildman–Crippen MR) is 102 cm³/mol. The second-order valence-corrected chi connectivity index (χ2v) is 7.66. The van der Waals surface area contributed by atoms with E-state index >= 15 is 0 Å². The summed E-state index contributed by atoms with van der Waals surface area (Å²) in [6.45, 7) is 3.99. The van der Waals surface area contributed by atoms with Gasteiger partial charge in [0.1, 0.15) is 11.5 Å². The third-order valence-corrected chi connectivity index (χ3v) is 4.70. The molecule has 1 aromatic carbocycles. The van der Waals surface area contributed by atoms with Gasteiger partial charge < -0.3 is 15.2 Å². The maximum Gasteiger partial charge on any atom is 0.336 e.